The molecule has 0 aliphatic carbocycles. The molecule has 6 heteroatoms. The number of carbonyl (C=O) groups is 1. The highest BCUT2D eigenvalue weighted by Crippen LogP contribution is 2.27. The third-order valence-electron chi connectivity index (χ3n) is 3.45. The lowest BCUT2D eigenvalue weighted by Crippen LogP contribution is -2.14. The Labute approximate surface area is 138 Å². The normalized spacial score (nSPS) is 10.7. The molecule has 0 bridgehead atoms. The van der Waals surface area contributed by atoms with Gasteiger partial charge in [-0.1, -0.05) is 19.1 Å². The molecule has 3 rings (SSSR count). The lowest BCUT2D eigenvalue weighted by Gasteiger charge is -2.05. The van der Waals surface area contributed by atoms with E-state index in [1.165, 1.54) is 5.56 Å². The van der Waals surface area contributed by atoms with E-state index in [4.69, 9.17) is 4.42 Å². The second-order valence-electron chi connectivity index (χ2n) is 5.21. The molecule has 0 radical (unpaired) electrons. The lowest BCUT2D eigenvalue weighted by molar-refractivity contribution is -0.115. The molecule has 3 aromatic rings. The number of hydrogen-bond donors (Lipinski definition) is 1. The Bertz CT molecular complexity index is 823. The zero-order valence-corrected chi connectivity index (χ0v) is 13.8. The van der Waals surface area contributed by atoms with Crippen LogP contribution >= 0.6 is 11.3 Å². The van der Waals surface area contributed by atoms with E-state index in [-0.39, 0.29) is 12.3 Å². The van der Waals surface area contributed by atoms with Gasteiger partial charge in [0.15, 0.2) is 0 Å². The summed E-state index contributed by atoms with van der Waals surface area (Å²) in [7, 11) is 0. The van der Waals surface area contributed by atoms with Crippen molar-refractivity contribution < 1.29 is 9.21 Å². The van der Waals surface area contributed by atoms with Crippen LogP contribution in [0.15, 0.2) is 40.1 Å². The summed E-state index contributed by atoms with van der Waals surface area (Å²) in [6.07, 6.45) is 0.991. The molecule has 0 fully saturated rings. The fourth-order valence-corrected chi connectivity index (χ4v) is 3.07. The van der Waals surface area contributed by atoms with E-state index in [2.05, 4.69) is 22.4 Å². The van der Waals surface area contributed by atoms with E-state index in [1.807, 2.05) is 42.6 Å². The monoisotopic (exact) mass is 327 g/mol. The molecule has 0 aliphatic rings. The van der Waals surface area contributed by atoms with E-state index in [1.54, 1.807) is 11.3 Å². The van der Waals surface area contributed by atoms with Crippen molar-refractivity contribution in [1.82, 2.24) is 10.2 Å². The molecular weight excluding hydrogens is 310 g/mol. The van der Waals surface area contributed by atoms with Crippen LogP contribution in [0.25, 0.3) is 10.8 Å². The maximum atomic E-state index is 12.1. The van der Waals surface area contributed by atoms with Gasteiger partial charge in [-0.05, 0) is 48.1 Å². The van der Waals surface area contributed by atoms with Crippen molar-refractivity contribution in [3.63, 3.8) is 0 Å². The zero-order valence-electron chi connectivity index (χ0n) is 13.0. The molecule has 2 heterocycles. The zero-order chi connectivity index (χ0) is 16.2. The van der Waals surface area contributed by atoms with Gasteiger partial charge in [-0.15, -0.1) is 21.5 Å². The molecule has 0 unspecified atom stereocenters. The quantitative estimate of drug-likeness (QED) is 0.773. The molecule has 0 saturated carbocycles. The summed E-state index contributed by atoms with van der Waals surface area (Å²) in [4.78, 5) is 13.1. The minimum atomic E-state index is -0.170. The number of nitrogens with one attached hydrogen (secondary N) is 1. The Balaban J connectivity index is 1.66. The number of thiophene rings is 1. The van der Waals surface area contributed by atoms with Crippen molar-refractivity contribution in [3.8, 4) is 10.8 Å². The SMILES string of the molecule is CCc1cccc(NC(=O)Cc2nnc(-c3sccc3C)o2)c1. The van der Waals surface area contributed by atoms with Crippen molar-refractivity contribution in [1.29, 1.82) is 0 Å². The van der Waals surface area contributed by atoms with Crippen LogP contribution in [-0.4, -0.2) is 16.1 Å². The molecule has 2 aromatic heterocycles. The van der Waals surface area contributed by atoms with Crippen LogP contribution in [0.2, 0.25) is 0 Å². The van der Waals surface area contributed by atoms with Crippen LogP contribution in [0, 0.1) is 6.92 Å². The first-order valence-electron chi connectivity index (χ1n) is 7.41. The van der Waals surface area contributed by atoms with E-state index >= 15 is 0 Å². The average Bonchev–Trinajstić information content (AvgIpc) is 3.16. The van der Waals surface area contributed by atoms with E-state index in [9.17, 15) is 4.79 Å². The van der Waals surface area contributed by atoms with Gasteiger partial charge in [0.05, 0.1) is 4.88 Å². The molecule has 5 nitrogen and oxygen atoms in total. The smallest absolute Gasteiger partial charge is 0.258 e. The van der Waals surface area contributed by atoms with Crippen LogP contribution in [0.1, 0.15) is 23.9 Å². The number of aromatic nitrogens is 2. The van der Waals surface area contributed by atoms with Crippen LogP contribution < -0.4 is 5.32 Å². The summed E-state index contributed by atoms with van der Waals surface area (Å²) in [6, 6.07) is 9.79. The largest absolute Gasteiger partial charge is 0.419 e. The molecule has 1 amide bonds. The second-order valence-corrected chi connectivity index (χ2v) is 6.13. The van der Waals surface area contributed by atoms with Gasteiger partial charge in [0.2, 0.25) is 11.8 Å². The van der Waals surface area contributed by atoms with Crippen molar-refractivity contribution in [3.05, 3.63) is 52.7 Å². The van der Waals surface area contributed by atoms with Crippen molar-refractivity contribution in [2.24, 2.45) is 0 Å². The minimum Gasteiger partial charge on any atom is -0.419 e. The Morgan fingerprint density at radius 2 is 2.17 bits per heavy atom. The number of nitrogens with zero attached hydrogens (tertiary/aromatic N) is 2. The van der Waals surface area contributed by atoms with Gasteiger partial charge < -0.3 is 9.73 Å². The van der Waals surface area contributed by atoms with E-state index in [0.29, 0.717) is 11.8 Å². The number of anilines is 1. The number of benzene rings is 1. The highest BCUT2D eigenvalue weighted by Gasteiger charge is 2.14. The van der Waals surface area contributed by atoms with Gasteiger partial charge in [-0.3, -0.25) is 4.79 Å². The summed E-state index contributed by atoms with van der Waals surface area (Å²) in [5.74, 6) is 0.613. The van der Waals surface area contributed by atoms with E-state index in [0.717, 1.165) is 22.5 Å². The van der Waals surface area contributed by atoms with Gasteiger partial charge in [0.1, 0.15) is 6.42 Å². The molecule has 0 aliphatic heterocycles. The molecule has 23 heavy (non-hydrogen) atoms. The Hall–Kier alpha value is -2.47. The van der Waals surface area contributed by atoms with Gasteiger partial charge in [0.25, 0.3) is 5.89 Å². The maximum Gasteiger partial charge on any atom is 0.258 e. The van der Waals surface area contributed by atoms with Crippen LogP contribution in [0.5, 0.6) is 0 Å². The number of carbonyl (C=O) groups excluding carboxylic acids is 1. The third-order valence-corrected chi connectivity index (χ3v) is 4.46. The maximum absolute atomic E-state index is 12.1. The molecular formula is C17H17N3O2S. The number of hydrogen-bond acceptors (Lipinski definition) is 5. The minimum absolute atomic E-state index is 0.0633. The first-order valence-corrected chi connectivity index (χ1v) is 8.29. The first-order chi connectivity index (χ1) is 11.2. The van der Waals surface area contributed by atoms with E-state index < -0.39 is 0 Å². The lowest BCUT2D eigenvalue weighted by atomic mass is 10.1. The molecule has 1 N–H and O–H groups in total. The summed E-state index contributed by atoms with van der Waals surface area (Å²) >= 11 is 1.54. The summed E-state index contributed by atoms with van der Waals surface area (Å²) < 4.78 is 5.59. The fourth-order valence-electron chi connectivity index (χ4n) is 2.22. The second kappa shape index (κ2) is 6.75. The van der Waals surface area contributed by atoms with Crippen molar-refractivity contribution in [2.75, 3.05) is 5.32 Å². The average molecular weight is 327 g/mol. The Morgan fingerprint density at radius 1 is 1.30 bits per heavy atom. The van der Waals surface area contributed by atoms with Gasteiger partial charge in [-0.25, -0.2) is 0 Å². The predicted octanol–water partition coefficient (Wildman–Crippen LogP) is 3.85. The third kappa shape index (κ3) is 3.65. The highest BCUT2D eigenvalue weighted by atomic mass is 32.1. The van der Waals surface area contributed by atoms with Gasteiger partial charge in [0, 0.05) is 5.69 Å². The highest BCUT2D eigenvalue weighted by molar-refractivity contribution is 7.13. The van der Waals surface area contributed by atoms with Crippen LogP contribution in [0.3, 0.4) is 0 Å². The standard InChI is InChI=1S/C17H17N3O2S/c1-3-12-5-4-6-13(9-12)18-14(21)10-15-19-20-17(22-15)16-11(2)7-8-23-16/h4-9H,3,10H2,1-2H3,(H,18,21). The number of amides is 1. The van der Waals surface area contributed by atoms with Gasteiger partial charge >= 0.3 is 0 Å². The topological polar surface area (TPSA) is 68.0 Å². The van der Waals surface area contributed by atoms with Crippen LogP contribution in [-0.2, 0) is 17.6 Å². The molecule has 0 saturated heterocycles. The van der Waals surface area contributed by atoms with Crippen LogP contribution in [0.4, 0.5) is 5.69 Å². The number of aryl methyl sites for hydroxylation is 2. The molecule has 0 atom stereocenters. The predicted molar refractivity (Wildman–Crippen MR) is 90.5 cm³/mol. The molecule has 1 aromatic carbocycles. The molecule has 0 spiro atoms. The first kappa shape index (κ1) is 15.4. The molecule has 118 valence electrons. The fraction of sp³-hybridized carbons (Fsp3) is 0.235. The summed E-state index contributed by atoms with van der Waals surface area (Å²) in [5.41, 5.74) is 3.05. The summed E-state index contributed by atoms with van der Waals surface area (Å²) in [5, 5.41) is 12.8. The van der Waals surface area contributed by atoms with Crippen molar-refractivity contribution >= 4 is 22.9 Å². The number of rotatable bonds is 5. The van der Waals surface area contributed by atoms with Gasteiger partial charge in [-0.2, -0.15) is 0 Å². The summed E-state index contributed by atoms with van der Waals surface area (Å²) in [6.45, 7) is 4.07. The Morgan fingerprint density at radius 3 is 2.91 bits per heavy atom. The Kier molecular flexibility index (Phi) is 4.52. The van der Waals surface area contributed by atoms with Crippen molar-refractivity contribution in [2.45, 2.75) is 26.7 Å².